The molecule has 0 bridgehead atoms. The van der Waals surface area contributed by atoms with E-state index in [9.17, 15) is 20.4 Å². The van der Waals surface area contributed by atoms with Gasteiger partial charge in [-0.1, -0.05) is 0 Å². The van der Waals surface area contributed by atoms with Gasteiger partial charge >= 0.3 is 0 Å². The van der Waals surface area contributed by atoms with Crippen molar-refractivity contribution in [2.45, 2.75) is 81.6 Å². The lowest BCUT2D eigenvalue weighted by atomic mass is 9.73. The van der Waals surface area contributed by atoms with Crippen LogP contribution in [0.2, 0.25) is 0 Å². The fourth-order valence-electron chi connectivity index (χ4n) is 4.27. The topological polar surface area (TPSA) is 90.2 Å². The summed E-state index contributed by atoms with van der Waals surface area (Å²) in [6, 6.07) is 0. The number of rotatable bonds is 1. The summed E-state index contributed by atoms with van der Waals surface area (Å²) >= 11 is 0. The smallest absolute Gasteiger partial charge is 0.0866 e. The Bertz CT molecular complexity index is 328. The van der Waals surface area contributed by atoms with Crippen molar-refractivity contribution in [3.8, 4) is 0 Å². The monoisotopic (exact) mass is 286 g/mol. The maximum absolute atomic E-state index is 10.3. The minimum absolute atomic E-state index is 0.0566. The number of ether oxygens (including phenoxy) is 1. The highest BCUT2D eigenvalue weighted by atomic mass is 16.5. The van der Waals surface area contributed by atoms with Crippen LogP contribution in [0.25, 0.3) is 0 Å². The Morgan fingerprint density at radius 1 is 0.700 bits per heavy atom. The minimum atomic E-state index is -0.576. The summed E-state index contributed by atoms with van der Waals surface area (Å²) in [5, 5.41) is 39.7. The standard InChI is InChI=1S/C15H26O5/c16-9-3-1-8(2-4-9)15-13(19)7-11-12(18)5-10(17)6-14(11)20-15/h8-19H,1-7H2/t8?,9?,10?,11?,12?,13-,14?,15-/m0/s1. The van der Waals surface area contributed by atoms with Crippen molar-refractivity contribution >= 4 is 0 Å². The quantitative estimate of drug-likeness (QED) is 0.552. The Hall–Kier alpha value is -0.200. The second-order valence-electron chi connectivity index (χ2n) is 6.87. The summed E-state index contributed by atoms with van der Waals surface area (Å²) in [6.45, 7) is 0. The van der Waals surface area contributed by atoms with Crippen LogP contribution in [0, 0.1) is 11.8 Å². The SMILES string of the molecule is OC1CCC([C@@H]2OC3CC(O)CC(O)C3C[C@@H]2O)CC1. The average molecular weight is 286 g/mol. The Kier molecular flexibility index (Phi) is 4.34. The normalized spacial score (nSPS) is 53.4. The Balaban J connectivity index is 1.65. The van der Waals surface area contributed by atoms with Gasteiger partial charge in [0, 0.05) is 5.92 Å². The van der Waals surface area contributed by atoms with Gasteiger partial charge in [-0.3, -0.25) is 0 Å². The Labute approximate surface area is 119 Å². The molecule has 20 heavy (non-hydrogen) atoms. The van der Waals surface area contributed by atoms with E-state index in [1.165, 1.54) is 0 Å². The summed E-state index contributed by atoms with van der Waals surface area (Å²) in [5.74, 6) is 0.226. The molecule has 0 aromatic carbocycles. The van der Waals surface area contributed by atoms with Crippen molar-refractivity contribution in [3.63, 3.8) is 0 Å². The third-order valence-corrected chi connectivity index (χ3v) is 5.42. The number of hydrogen-bond acceptors (Lipinski definition) is 5. The van der Waals surface area contributed by atoms with E-state index in [2.05, 4.69) is 0 Å². The van der Waals surface area contributed by atoms with Crippen LogP contribution in [0.5, 0.6) is 0 Å². The van der Waals surface area contributed by atoms with Gasteiger partial charge in [-0.15, -0.1) is 0 Å². The number of hydrogen-bond donors (Lipinski definition) is 4. The third kappa shape index (κ3) is 2.88. The summed E-state index contributed by atoms with van der Waals surface area (Å²) in [4.78, 5) is 0. The van der Waals surface area contributed by atoms with Gasteiger partial charge in [0.2, 0.25) is 0 Å². The van der Waals surface area contributed by atoms with Gasteiger partial charge in [-0.05, 0) is 50.9 Å². The van der Waals surface area contributed by atoms with Crippen LogP contribution < -0.4 is 0 Å². The molecule has 2 saturated carbocycles. The van der Waals surface area contributed by atoms with Crippen molar-refractivity contribution in [1.29, 1.82) is 0 Å². The first kappa shape index (κ1) is 14.7. The minimum Gasteiger partial charge on any atom is -0.393 e. The van der Waals surface area contributed by atoms with Crippen molar-refractivity contribution in [1.82, 2.24) is 0 Å². The first-order chi connectivity index (χ1) is 9.54. The lowest BCUT2D eigenvalue weighted by Crippen LogP contribution is -2.55. The van der Waals surface area contributed by atoms with Gasteiger partial charge < -0.3 is 25.2 Å². The van der Waals surface area contributed by atoms with Crippen molar-refractivity contribution < 1.29 is 25.2 Å². The van der Waals surface area contributed by atoms with Crippen molar-refractivity contribution in [3.05, 3.63) is 0 Å². The highest BCUT2D eigenvalue weighted by molar-refractivity contribution is 4.96. The number of aliphatic hydroxyl groups excluding tert-OH is 4. The first-order valence-corrected chi connectivity index (χ1v) is 7.92. The second kappa shape index (κ2) is 5.89. The molecule has 0 spiro atoms. The molecule has 2 aliphatic carbocycles. The first-order valence-electron chi connectivity index (χ1n) is 7.92. The molecule has 3 aliphatic rings. The molecule has 6 atom stereocenters. The van der Waals surface area contributed by atoms with Gasteiger partial charge in [0.25, 0.3) is 0 Å². The molecule has 1 saturated heterocycles. The molecule has 3 fully saturated rings. The zero-order chi connectivity index (χ0) is 14.3. The van der Waals surface area contributed by atoms with E-state index < -0.39 is 18.3 Å². The van der Waals surface area contributed by atoms with Crippen molar-refractivity contribution in [2.24, 2.45) is 11.8 Å². The van der Waals surface area contributed by atoms with E-state index in [1.807, 2.05) is 0 Å². The van der Waals surface area contributed by atoms with E-state index >= 15 is 0 Å². The van der Waals surface area contributed by atoms with Crippen LogP contribution in [0.15, 0.2) is 0 Å². The summed E-state index contributed by atoms with van der Waals surface area (Å²) in [7, 11) is 0. The van der Waals surface area contributed by atoms with Gasteiger partial charge in [-0.25, -0.2) is 0 Å². The van der Waals surface area contributed by atoms with E-state index in [0.29, 0.717) is 19.3 Å². The molecule has 1 aliphatic heterocycles. The summed E-state index contributed by atoms with van der Waals surface area (Å²) < 4.78 is 6.07. The van der Waals surface area contributed by atoms with E-state index in [4.69, 9.17) is 4.74 Å². The van der Waals surface area contributed by atoms with Gasteiger partial charge in [0.1, 0.15) is 0 Å². The largest absolute Gasteiger partial charge is 0.393 e. The molecule has 5 nitrogen and oxygen atoms in total. The molecular weight excluding hydrogens is 260 g/mol. The fraction of sp³-hybridized carbons (Fsp3) is 1.00. The van der Waals surface area contributed by atoms with Crippen LogP contribution >= 0.6 is 0 Å². The molecular formula is C15H26O5. The second-order valence-corrected chi connectivity index (χ2v) is 6.87. The molecule has 4 unspecified atom stereocenters. The summed E-state index contributed by atoms with van der Waals surface area (Å²) in [5.41, 5.74) is 0. The summed E-state index contributed by atoms with van der Waals surface area (Å²) in [6.07, 6.45) is 2.63. The molecule has 0 aromatic heterocycles. The number of fused-ring (bicyclic) bond motifs is 1. The van der Waals surface area contributed by atoms with Gasteiger partial charge in [-0.2, -0.15) is 0 Å². The van der Waals surface area contributed by atoms with Crippen molar-refractivity contribution in [2.75, 3.05) is 0 Å². The fourth-order valence-corrected chi connectivity index (χ4v) is 4.27. The molecule has 0 radical (unpaired) electrons. The third-order valence-electron chi connectivity index (χ3n) is 5.42. The van der Waals surface area contributed by atoms with Crippen LogP contribution in [0.3, 0.4) is 0 Å². The zero-order valence-electron chi connectivity index (χ0n) is 11.8. The van der Waals surface area contributed by atoms with Crippen LogP contribution in [0.4, 0.5) is 0 Å². The molecule has 1 heterocycles. The molecule has 5 heteroatoms. The van der Waals surface area contributed by atoms with Crippen LogP contribution in [-0.2, 0) is 4.74 Å². The van der Waals surface area contributed by atoms with E-state index in [1.54, 1.807) is 0 Å². The zero-order valence-corrected chi connectivity index (χ0v) is 11.8. The lowest BCUT2D eigenvalue weighted by molar-refractivity contribution is -0.211. The molecule has 116 valence electrons. The maximum atomic E-state index is 10.3. The molecule has 0 aromatic rings. The predicted molar refractivity (Wildman–Crippen MR) is 72.0 cm³/mol. The maximum Gasteiger partial charge on any atom is 0.0866 e. The van der Waals surface area contributed by atoms with Crippen LogP contribution in [-0.4, -0.2) is 57.0 Å². The van der Waals surface area contributed by atoms with Crippen LogP contribution in [0.1, 0.15) is 44.9 Å². The number of aliphatic hydroxyl groups is 4. The van der Waals surface area contributed by atoms with E-state index in [0.717, 1.165) is 25.7 Å². The predicted octanol–water partition coefficient (Wildman–Crippen LogP) is 0.188. The molecule has 0 amide bonds. The Morgan fingerprint density at radius 2 is 1.40 bits per heavy atom. The van der Waals surface area contributed by atoms with Gasteiger partial charge in [0.05, 0.1) is 36.6 Å². The Morgan fingerprint density at radius 3 is 2.10 bits per heavy atom. The average Bonchev–Trinajstić information content (AvgIpc) is 2.40. The van der Waals surface area contributed by atoms with Gasteiger partial charge in [0.15, 0.2) is 0 Å². The van der Waals surface area contributed by atoms with E-state index in [-0.39, 0.29) is 30.1 Å². The molecule has 3 rings (SSSR count). The lowest BCUT2D eigenvalue weighted by Gasteiger charge is -2.48. The molecule has 4 N–H and O–H groups in total. The highest BCUT2D eigenvalue weighted by Gasteiger charge is 2.46. The highest BCUT2D eigenvalue weighted by Crippen LogP contribution is 2.41.